The molecule has 0 atom stereocenters. The zero-order chi connectivity index (χ0) is 17.1. The van der Waals surface area contributed by atoms with E-state index >= 15 is 0 Å². The van der Waals surface area contributed by atoms with E-state index in [-0.39, 0.29) is 5.91 Å². The molecular weight excluding hydrogens is 320 g/mol. The van der Waals surface area contributed by atoms with E-state index in [0.29, 0.717) is 18.8 Å². The minimum Gasteiger partial charge on any atom is -0.379 e. The summed E-state index contributed by atoms with van der Waals surface area (Å²) in [5.41, 5.74) is 1.61. The van der Waals surface area contributed by atoms with E-state index in [1.165, 1.54) is 11.9 Å². The van der Waals surface area contributed by atoms with E-state index in [1.54, 1.807) is 12.4 Å². The average molecular weight is 342 g/mol. The van der Waals surface area contributed by atoms with Gasteiger partial charge in [0, 0.05) is 64.3 Å². The normalized spacial score (nSPS) is 18.6. The van der Waals surface area contributed by atoms with Gasteiger partial charge in [-0.3, -0.25) is 14.7 Å². The third kappa shape index (κ3) is 3.54. The highest BCUT2D eigenvalue weighted by molar-refractivity contribution is 5.91. The first-order chi connectivity index (χ1) is 12.3. The van der Waals surface area contributed by atoms with E-state index in [2.05, 4.69) is 24.4 Å². The van der Waals surface area contributed by atoms with Crippen LogP contribution in [0.15, 0.2) is 24.8 Å². The third-order valence-corrected chi connectivity index (χ3v) is 4.78. The van der Waals surface area contributed by atoms with Crippen LogP contribution in [0.2, 0.25) is 0 Å². The second kappa shape index (κ2) is 7.28. The molecule has 0 saturated carbocycles. The Morgan fingerprint density at radius 2 is 1.92 bits per heavy atom. The number of aromatic nitrogens is 4. The van der Waals surface area contributed by atoms with Crippen LogP contribution < -0.4 is 0 Å². The number of carbonyl (C=O) groups is 1. The molecule has 8 heteroatoms. The minimum absolute atomic E-state index is 0.0615. The molecule has 4 heterocycles. The molecule has 2 aromatic heterocycles. The Hall–Kier alpha value is -2.32. The highest BCUT2D eigenvalue weighted by Gasteiger charge is 2.23. The number of ether oxygens (including phenoxy) is 1. The molecule has 0 radical (unpaired) electrons. The summed E-state index contributed by atoms with van der Waals surface area (Å²) in [5.74, 6) is 0.992. The summed E-state index contributed by atoms with van der Waals surface area (Å²) in [4.78, 5) is 29.5. The molecule has 0 spiro atoms. The quantitative estimate of drug-likeness (QED) is 0.793. The van der Waals surface area contributed by atoms with Gasteiger partial charge in [-0.05, 0) is 0 Å². The van der Waals surface area contributed by atoms with Crippen LogP contribution in [0.3, 0.4) is 0 Å². The molecule has 1 saturated heterocycles. The van der Waals surface area contributed by atoms with Crippen LogP contribution in [-0.4, -0.2) is 74.6 Å². The largest absolute Gasteiger partial charge is 0.379 e. The van der Waals surface area contributed by atoms with Crippen LogP contribution in [0, 0.1) is 0 Å². The van der Waals surface area contributed by atoms with Gasteiger partial charge in [-0.25, -0.2) is 9.97 Å². The van der Waals surface area contributed by atoms with Crippen molar-refractivity contribution in [2.24, 2.45) is 0 Å². The maximum atomic E-state index is 12.6. The Kier molecular flexibility index (Phi) is 4.71. The lowest BCUT2D eigenvalue weighted by Gasteiger charge is -2.27. The number of rotatable bonds is 3. The summed E-state index contributed by atoms with van der Waals surface area (Å²) >= 11 is 0. The van der Waals surface area contributed by atoms with Gasteiger partial charge < -0.3 is 14.2 Å². The Bertz CT molecular complexity index is 726. The van der Waals surface area contributed by atoms with Crippen molar-refractivity contribution in [3.8, 4) is 0 Å². The van der Waals surface area contributed by atoms with Crippen molar-refractivity contribution in [3.05, 3.63) is 42.0 Å². The standard InChI is InChI=1S/C17H22N6O2/c24-17(15-12-18-2-3-19-15)22-4-1-16-20-11-14(23(16)6-5-22)13-21-7-9-25-10-8-21/h2-3,11-12H,1,4-10,13H2. The van der Waals surface area contributed by atoms with Crippen molar-refractivity contribution in [2.45, 2.75) is 19.5 Å². The molecule has 0 aliphatic carbocycles. The highest BCUT2D eigenvalue weighted by Crippen LogP contribution is 2.15. The van der Waals surface area contributed by atoms with Crippen LogP contribution in [0.4, 0.5) is 0 Å². The molecule has 1 amide bonds. The van der Waals surface area contributed by atoms with Crippen molar-refractivity contribution in [1.82, 2.24) is 29.3 Å². The number of imidazole rings is 1. The first-order valence-electron chi connectivity index (χ1n) is 8.70. The minimum atomic E-state index is -0.0615. The van der Waals surface area contributed by atoms with Gasteiger partial charge in [-0.2, -0.15) is 0 Å². The smallest absolute Gasteiger partial charge is 0.274 e. The Labute approximate surface area is 146 Å². The molecule has 2 aliphatic heterocycles. The molecule has 132 valence electrons. The highest BCUT2D eigenvalue weighted by atomic mass is 16.5. The molecule has 4 rings (SSSR count). The fraction of sp³-hybridized carbons (Fsp3) is 0.529. The van der Waals surface area contributed by atoms with Crippen LogP contribution >= 0.6 is 0 Å². The van der Waals surface area contributed by atoms with E-state index in [9.17, 15) is 4.79 Å². The molecule has 0 unspecified atom stereocenters. The predicted octanol–water partition coefficient (Wildman–Crippen LogP) is 0.204. The second-order valence-electron chi connectivity index (χ2n) is 6.34. The summed E-state index contributed by atoms with van der Waals surface area (Å²) in [7, 11) is 0. The molecule has 8 nitrogen and oxygen atoms in total. The van der Waals surface area contributed by atoms with Gasteiger partial charge in [0.05, 0.1) is 25.1 Å². The number of morpholine rings is 1. The fourth-order valence-corrected chi connectivity index (χ4v) is 3.38. The van der Waals surface area contributed by atoms with Crippen LogP contribution in [0.25, 0.3) is 0 Å². The van der Waals surface area contributed by atoms with Gasteiger partial charge in [-0.15, -0.1) is 0 Å². The van der Waals surface area contributed by atoms with Gasteiger partial charge in [0.15, 0.2) is 0 Å². The number of fused-ring (bicyclic) bond motifs is 1. The number of amides is 1. The molecule has 2 aliphatic rings. The maximum Gasteiger partial charge on any atom is 0.274 e. The van der Waals surface area contributed by atoms with Crippen molar-refractivity contribution in [1.29, 1.82) is 0 Å². The molecule has 1 fully saturated rings. The second-order valence-corrected chi connectivity index (χ2v) is 6.34. The molecule has 0 N–H and O–H groups in total. The zero-order valence-electron chi connectivity index (χ0n) is 14.2. The first-order valence-corrected chi connectivity index (χ1v) is 8.70. The summed E-state index contributed by atoms with van der Waals surface area (Å²) in [6.07, 6.45) is 7.39. The number of carbonyl (C=O) groups excluding carboxylic acids is 1. The van der Waals surface area contributed by atoms with Gasteiger partial charge in [0.1, 0.15) is 11.5 Å². The zero-order valence-corrected chi connectivity index (χ0v) is 14.2. The molecule has 2 aromatic rings. The van der Waals surface area contributed by atoms with E-state index < -0.39 is 0 Å². The van der Waals surface area contributed by atoms with Crippen molar-refractivity contribution < 1.29 is 9.53 Å². The number of hydrogen-bond acceptors (Lipinski definition) is 6. The van der Waals surface area contributed by atoms with Gasteiger partial charge in [0.2, 0.25) is 0 Å². The molecule has 0 aromatic carbocycles. The number of hydrogen-bond donors (Lipinski definition) is 0. The van der Waals surface area contributed by atoms with E-state index in [0.717, 1.165) is 51.6 Å². The lowest BCUT2D eigenvalue weighted by Crippen LogP contribution is -2.36. The van der Waals surface area contributed by atoms with Crippen LogP contribution in [-0.2, 0) is 24.2 Å². The SMILES string of the molecule is O=C(c1cnccn1)N1CCc2ncc(CN3CCOCC3)n2CC1. The van der Waals surface area contributed by atoms with Gasteiger partial charge in [0.25, 0.3) is 5.91 Å². The fourth-order valence-electron chi connectivity index (χ4n) is 3.38. The predicted molar refractivity (Wildman–Crippen MR) is 90.0 cm³/mol. The summed E-state index contributed by atoms with van der Waals surface area (Å²) in [6, 6.07) is 0. The monoisotopic (exact) mass is 342 g/mol. The van der Waals surface area contributed by atoms with Crippen LogP contribution in [0.1, 0.15) is 22.0 Å². The Balaban J connectivity index is 1.44. The third-order valence-electron chi connectivity index (χ3n) is 4.78. The van der Waals surface area contributed by atoms with E-state index in [4.69, 9.17) is 4.74 Å². The lowest BCUT2D eigenvalue weighted by molar-refractivity contribution is 0.0331. The van der Waals surface area contributed by atoms with Gasteiger partial charge >= 0.3 is 0 Å². The number of nitrogens with zero attached hydrogens (tertiary/aromatic N) is 6. The maximum absolute atomic E-state index is 12.6. The van der Waals surface area contributed by atoms with Crippen molar-refractivity contribution >= 4 is 5.91 Å². The lowest BCUT2D eigenvalue weighted by atomic mass is 10.3. The first kappa shape index (κ1) is 16.2. The summed E-state index contributed by atoms with van der Waals surface area (Å²) in [5, 5.41) is 0. The Morgan fingerprint density at radius 3 is 2.72 bits per heavy atom. The summed E-state index contributed by atoms with van der Waals surface area (Å²) in [6.45, 7) is 6.46. The summed E-state index contributed by atoms with van der Waals surface area (Å²) < 4.78 is 7.68. The van der Waals surface area contributed by atoms with E-state index in [1.807, 2.05) is 11.1 Å². The molecular formula is C17H22N6O2. The molecule has 25 heavy (non-hydrogen) atoms. The molecule has 0 bridgehead atoms. The van der Waals surface area contributed by atoms with Crippen molar-refractivity contribution in [3.63, 3.8) is 0 Å². The Morgan fingerprint density at radius 1 is 1.04 bits per heavy atom. The van der Waals surface area contributed by atoms with Crippen molar-refractivity contribution in [2.75, 3.05) is 39.4 Å². The topological polar surface area (TPSA) is 76.4 Å². The van der Waals surface area contributed by atoms with Crippen LogP contribution in [0.5, 0.6) is 0 Å². The van der Waals surface area contributed by atoms with Gasteiger partial charge in [-0.1, -0.05) is 0 Å². The average Bonchev–Trinajstić information content (AvgIpc) is 2.91.